The summed E-state index contributed by atoms with van der Waals surface area (Å²) in [7, 11) is 0. The molecular formula is C22H14ClF3N4O2. The van der Waals surface area contributed by atoms with Crippen LogP contribution >= 0.6 is 11.6 Å². The average molecular weight is 459 g/mol. The van der Waals surface area contributed by atoms with Crippen LogP contribution in [-0.4, -0.2) is 16.0 Å². The fourth-order valence-corrected chi connectivity index (χ4v) is 3.15. The number of nitrogens with zero attached hydrogens (tertiary/aromatic N) is 2. The SMILES string of the molecule is O=C(Nc1ccc(Oc2ccc3nccnc3c2)cc1)Nc1ccc(C(F)(F)F)c(Cl)c1. The predicted molar refractivity (Wildman–Crippen MR) is 115 cm³/mol. The number of amides is 2. The minimum Gasteiger partial charge on any atom is -0.457 e. The Morgan fingerprint density at radius 3 is 2.12 bits per heavy atom. The van der Waals surface area contributed by atoms with Crippen molar-refractivity contribution in [2.45, 2.75) is 6.18 Å². The normalized spacial score (nSPS) is 11.2. The third kappa shape index (κ3) is 5.06. The minimum atomic E-state index is -4.57. The van der Waals surface area contributed by atoms with E-state index in [4.69, 9.17) is 16.3 Å². The molecular weight excluding hydrogens is 445 g/mol. The number of urea groups is 1. The molecule has 162 valence electrons. The zero-order chi connectivity index (χ0) is 22.7. The monoisotopic (exact) mass is 458 g/mol. The number of carbonyl (C=O) groups excluding carboxylic acids is 1. The summed E-state index contributed by atoms with van der Waals surface area (Å²) in [5, 5.41) is 4.51. The van der Waals surface area contributed by atoms with E-state index in [9.17, 15) is 18.0 Å². The fourth-order valence-electron chi connectivity index (χ4n) is 2.87. The van der Waals surface area contributed by atoms with Gasteiger partial charge in [-0.2, -0.15) is 13.2 Å². The molecule has 0 aliphatic carbocycles. The molecule has 0 saturated carbocycles. The van der Waals surface area contributed by atoms with Gasteiger partial charge in [-0.1, -0.05) is 11.6 Å². The first-order valence-corrected chi connectivity index (χ1v) is 9.59. The largest absolute Gasteiger partial charge is 0.457 e. The number of nitrogens with one attached hydrogen (secondary N) is 2. The maximum Gasteiger partial charge on any atom is 0.417 e. The Balaban J connectivity index is 1.37. The van der Waals surface area contributed by atoms with Gasteiger partial charge in [0.05, 0.1) is 21.6 Å². The first kappa shape index (κ1) is 21.4. The maximum absolute atomic E-state index is 12.8. The first-order valence-electron chi connectivity index (χ1n) is 9.21. The number of carbonyl (C=O) groups is 1. The van der Waals surface area contributed by atoms with Crippen molar-refractivity contribution < 1.29 is 22.7 Å². The van der Waals surface area contributed by atoms with Gasteiger partial charge in [-0.3, -0.25) is 9.97 Å². The molecule has 3 aromatic carbocycles. The second-order valence-electron chi connectivity index (χ2n) is 6.60. The van der Waals surface area contributed by atoms with Gasteiger partial charge in [0.2, 0.25) is 0 Å². The molecule has 0 spiro atoms. The average Bonchev–Trinajstić information content (AvgIpc) is 2.74. The number of alkyl halides is 3. The van der Waals surface area contributed by atoms with Crippen molar-refractivity contribution in [1.82, 2.24) is 9.97 Å². The van der Waals surface area contributed by atoms with Crippen LogP contribution in [0, 0.1) is 0 Å². The van der Waals surface area contributed by atoms with Crippen LogP contribution in [0.3, 0.4) is 0 Å². The third-order valence-electron chi connectivity index (χ3n) is 4.32. The molecule has 1 heterocycles. The van der Waals surface area contributed by atoms with Crippen LogP contribution in [0.25, 0.3) is 11.0 Å². The molecule has 2 N–H and O–H groups in total. The summed E-state index contributed by atoms with van der Waals surface area (Å²) in [5.41, 5.74) is 1.05. The fraction of sp³-hybridized carbons (Fsp3) is 0.0455. The Hall–Kier alpha value is -3.85. The van der Waals surface area contributed by atoms with Crippen LogP contribution in [0.15, 0.2) is 73.1 Å². The van der Waals surface area contributed by atoms with E-state index < -0.39 is 22.8 Å². The van der Waals surface area contributed by atoms with Crippen LogP contribution in [0.5, 0.6) is 11.5 Å². The van der Waals surface area contributed by atoms with E-state index in [-0.39, 0.29) is 5.69 Å². The highest BCUT2D eigenvalue weighted by atomic mass is 35.5. The molecule has 0 saturated heterocycles. The Morgan fingerprint density at radius 1 is 0.812 bits per heavy atom. The third-order valence-corrected chi connectivity index (χ3v) is 4.63. The van der Waals surface area contributed by atoms with Crippen LogP contribution < -0.4 is 15.4 Å². The van der Waals surface area contributed by atoms with E-state index in [2.05, 4.69) is 20.6 Å². The number of rotatable bonds is 4. The van der Waals surface area contributed by atoms with Gasteiger partial charge >= 0.3 is 12.2 Å². The van der Waals surface area contributed by atoms with Crippen molar-refractivity contribution in [3.8, 4) is 11.5 Å². The van der Waals surface area contributed by atoms with Gasteiger partial charge in [0, 0.05) is 29.8 Å². The Labute approximate surface area is 185 Å². The minimum absolute atomic E-state index is 0.125. The van der Waals surface area contributed by atoms with Gasteiger partial charge in [-0.05, 0) is 54.6 Å². The maximum atomic E-state index is 12.8. The quantitative estimate of drug-likeness (QED) is 0.355. The smallest absolute Gasteiger partial charge is 0.417 e. The predicted octanol–water partition coefficient (Wildman–Crippen LogP) is 6.74. The molecule has 0 fully saturated rings. The summed E-state index contributed by atoms with van der Waals surface area (Å²) < 4.78 is 44.1. The van der Waals surface area contributed by atoms with Gasteiger partial charge in [-0.15, -0.1) is 0 Å². The molecule has 0 radical (unpaired) electrons. The van der Waals surface area contributed by atoms with Gasteiger partial charge < -0.3 is 15.4 Å². The first-order chi connectivity index (χ1) is 15.3. The molecule has 0 aliphatic heterocycles. The molecule has 32 heavy (non-hydrogen) atoms. The molecule has 0 bridgehead atoms. The lowest BCUT2D eigenvalue weighted by Crippen LogP contribution is -2.19. The molecule has 1 aromatic heterocycles. The number of benzene rings is 3. The van der Waals surface area contributed by atoms with Crippen molar-refractivity contribution in [3.05, 3.63) is 83.6 Å². The van der Waals surface area contributed by atoms with E-state index in [0.29, 0.717) is 22.7 Å². The van der Waals surface area contributed by atoms with Crippen molar-refractivity contribution in [1.29, 1.82) is 0 Å². The van der Waals surface area contributed by atoms with E-state index in [1.807, 2.05) is 0 Å². The highest BCUT2D eigenvalue weighted by Crippen LogP contribution is 2.35. The molecule has 0 atom stereocenters. The summed E-state index contributed by atoms with van der Waals surface area (Å²) >= 11 is 5.66. The van der Waals surface area contributed by atoms with Crippen molar-refractivity contribution in [2.24, 2.45) is 0 Å². The Morgan fingerprint density at radius 2 is 1.44 bits per heavy atom. The molecule has 4 aromatic rings. The van der Waals surface area contributed by atoms with E-state index in [1.54, 1.807) is 54.9 Å². The lowest BCUT2D eigenvalue weighted by atomic mass is 10.2. The molecule has 2 amide bonds. The second-order valence-corrected chi connectivity index (χ2v) is 7.01. The number of hydrogen-bond donors (Lipinski definition) is 2. The van der Waals surface area contributed by atoms with Crippen LogP contribution in [0.4, 0.5) is 29.3 Å². The number of ether oxygens (including phenoxy) is 1. The number of anilines is 2. The van der Waals surface area contributed by atoms with Gasteiger partial charge in [0.1, 0.15) is 11.5 Å². The molecule has 0 aliphatic rings. The van der Waals surface area contributed by atoms with E-state index in [1.165, 1.54) is 0 Å². The van der Waals surface area contributed by atoms with Crippen molar-refractivity contribution in [3.63, 3.8) is 0 Å². The molecule has 0 unspecified atom stereocenters. The van der Waals surface area contributed by atoms with E-state index >= 15 is 0 Å². The standard InChI is InChI=1S/C22H14ClF3N4O2/c23-18-11-14(3-7-17(18)22(24,25)26)30-21(31)29-13-1-4-15(5-2-13)32-16-6-8-19-20(12-16)28-10-9-27-19/h1-12H,(H2,29,30,31). The summed E-state index contributed by atoms with van der Waals surface area (Å²) in [4.78, 5) is 20.6. The summed E-state index contributed by atoms with van der Waals surface area (Å²) in [6.45, 7) is 0. The number of fused-ring (bicyclic) bond motifs is 1. The lowest BCUT2D eigenvalue weighted by Gasteiger charge is -2.12. The van der Waals surface area contributed by atoms with Crippen LogP contribution in [0.1, 0.15) is 5.56 Å². The lowest BCUT2D eigenvalue weighted by molar-refractivity contribution is -0.137. The van der Waals surface area contributed by atoms with Crippen molar-refractivity contribution >= 4 is 40.0 Å². The van der Waals surface area contributed by atoms with Crippen LogP contribution in [-0.2, 0) is 6.18 Å². The highest BCUT2D eigenvalue weighted by Gasteiger charge is 2.33. The second kappa shape index (κ2) is 8.72. The van der Waals surface area contributed by atoms with E-state index in [0.717, 1.165) is 23.7 Å². The summed E-state index contributed by atoms with van der Waals surface area (Å²) in [6, 6.07) is 14.2. The zero-order valence-electron chi connectivity index (χ0n) is 16.2. The molecule has 10 heteroatoms. The van der Waals surface area contributed by atoms with Gasteiger partial charge in [0.25, 0.3) is 0 Å². The van der Waals surface area contributed by atoms with Gasteiger partial charge in [-0.25, -0.2) is 4.79 Å². The zero-order valence-corrected chi connectivity index (χ0v) is 16.9. The Bertz CT molecular complexity index is 1280. The topological polar surface area (TPSA) is 76.1 Å². The summed E-state index contributed by atoms with van der Waals surface area (Å²) in [6.07, 6.45) is -1.37. The molecule has 4 rings (SSSR count). The summed E-state index contributed by atoms with van der Waals surface area (Å²) in [5.74, 6) is 1.12. The Kier molecular flexibility index (Phi) is 5.83. The number of hydrogen-bond acceptors (Lipinski definition) is 4. The highest BCUT2D eigenvalue weighted by molar-refractivity contribution is 6.31. The van der Waals surface area contributed by atoms with Crippen molar-refractivity contribution in [2.75, 3.05) is 10.6 Å². The number of halogens is 4. The molecule has 6 nitrogen and oxygen atoms in total. The van der Waals surface area contributed by atoms with Crippen LogP contribution in [0.2, 0.25) is 5.02 Å². The number of aromatic nitrogens is 2. The van der Waals surface area contributed by atoms with Gasteiger partial charge in [0.15, 0.2) is 0 Å².